The summed E-state index contributed by atoms with van der Waals surface area (Å²) in [6.45, 7) is 7.42. The van der Waals surface area contributed by atoms with Gasteiger partial charge in [-0.15, -0.1) is 0 Å². The molecule has 1 heterocycles. The van der Waals surface area contributed by atoms with Crippen LogP contribution >= 0.6 is 12.2 Å². The minimum absolute atomic E-state index is 0.102. The fraction of sp³-hybridized carbons (Fsp3) is 0.481. The van der Waals surface area contributed by atoms with Crippen molar-refractivity contribution >= 4 is 34.6 Å². The van der Waals surface area contributed by atoms with Gasteiger partial charge in [0.1, 0.15) is 5.82 Å². The van der Waals surface area contributed by atoms with E-state index in [4.69, 9.17) is 12.2 Å². The van der Waals surface area contributed by atoms with Gasteiger partial charge in [-0.25, -0.2) is 4.39 Å². The minimum Gasteiger partial charge on any atom is -0.346 e. The molecule has 1 amide bonds. The lowest BCUT2D eigenvalue weighted by Crippen LogP contribution is -2.57. The third-order valence-corrected chi connectivity index (χ3v) is 7.41. The monoisotopic (exact) mass is 482 g/mol. The molecule has 2 N–H and O–H groups in total. The van der Waals surface area contributed by atoms with Gasteiger partial charge in [0.05, 0.1) is 6.04 Å². The van der Waals surface area contributed by atoms with E-state index in [0.29, 0.717) is 16.9 Å². The van der Waals surface area contributed by atoms with Gasteiger partial charge in [-0.05, 0) is 78.9 Å². The number of halogens is 1. The Morgan fingerprint density at radius 3 is 2.06 bits per heavy atom. The zero-order valence-electron chi connectivity index (χ0n) is 20.1. The quantitative estimate of drug-likeness (QED) is 0.536. The Hall–Kier alpha value is -2.51. The first kappa shape index (κ1) is 24.6. The van der Waals surface area contributed by atoms with Crippen molar-refractivity contribution in [1.29, 1.82) is 0 Å². The lowest BCUT2D eigenvalue weighted by Gasteiger charge is -2.41. The molecule has 0 radical (unpaired) electrons. The number of anilines is 2. The fourth-order valence-corrected chi connectivity index (χ4v) is 5.36. The molecule has 2 aliphatic rings. The Kier molecular flexibility index (Phi) is 8.16. The normalized spacial score (nSPS) is 18.2. The van der Waals surface area contributed by atoms with Crippen molar-refractivity contribution in [2.24, 2.45) is 5.92 Å². The third-order valence-electron chi connectivity index (χ3n) is 7.05. The number of nitrogens with zero attached hydrogens (tertiary/aromatic N) is 2. The molecule has 5 nitrogen and oxygen atoms in total. The average molecular weight is 483 g/mol. The topological polar surface area (TPSA) is 47.6 Å². The smallest absolute Gasteiger partial charge is 0.242 e. The summed E-state index contributed by atoms with van der Waals surface area (Å²) in [4.78, 5) is 17.9. The van der Waals surface area contributed by atoms with Gasteiger partial charge in [0.15, 0.2) is 5.11 Å². The average Bonchev–Trinajstić information content (AvgIpc) is 3.36. The molecule has 182 valence electrons. The summed E-state index contributed by atoms with van der Waals surface area (Å²) in [5.74, 6) is 0.698. The first-order valence-electron chi connectivity index (χ1n) is 12.4. The fourth-order valence-electron chi connectivity index (χ4n) is 5.06. The molecule has 0 unspecified atom stereocenters. The summed E-state index contributed by atoms with van der Waals surface area (Å²) in [5.41, 5.74) is 2.91. The van der Waals surface area contributed by atoms with E-state index in [1.165, 1.54) is 30.5 Å². The van der Waals surface area contributed by atoms with Crippen LogP contribution in [0.3, 0.4) is 0 Å². The molecular formula is C27H35FN4OS. The molecular weight excluding hydrogens is 447 g/mol. The summed E-state index contributed by atoms with van der Waals surface area (Å²) in [5, 5.41) is 7.03. The molecule has 0 bridgehead atoms. The van der Waals surface area contributed by atoms with Crippen molar-refractivity contribution in [2.75, 3.05) is 36.8 Å². The van der Waals surface area contributed by atoms with E-state index in [1.807, 2.05) is 12.1 Å². The van der Waals surface area contributed by atoms with E-state index in [1.54, 1.807) is 12.1 Å². The molecule has 2 aromatic carbocycles. The molecule has 7 heteroatoms. The highest BCUT2D eigenvalue weighted by atomic mass is 32.1. The highest BCUT2D eigenvalue weighted by Gasteiger charge is 2.37. The van der Waals surface area contributed by atoms with Crippen LogP contribution in [0.1, 0.15) is 51.0 Å². The molecule has 0 spiro atoms. The maximum absolute atomic E-state index is 13.5. The van der Waals surface area contributed by atoms with Gasteiger partial charge < -0.3 is 15.5 Å². The lowest BCUT2D eigenvalue weighted by molar-refractivity contribution is -0.123. The number of carbonyl (C=O) groups is 1. The van der Waals surface area contributed by atoms with Crippen LogP contribution in [0.5, 0.6) is 0 Å². The molecule has 4 rings (SSSR count). The standard InChI is InChI=1S/C27H35FN4OS/c1-19(2)20-7-11-23(12-8-20)29-26(33)25(21-5-3-4-6-21)31-15-17-32(18-16-31)27(34)30-24-13-9-22(28)10-14-24/h7-14,19,21,25H,3-6,15-18H2,1-2H3,(H,29,33)(H,30,34)/t25-/m1/s1. The molecule has 2 aromatic rings. The summed E-state index contributed by atoms with van der Waals surface area (Å²) in [6, 6.07) is 14.3. The molecule has 1 saturated heterocycles. The van der Waals surface area contributed by atoms with Crippen molar-refractivity contribution in [1.82, 2.24) is 9.80 Å². The SMILES string of the molecule is CC(C)c1ccc(NC(=O)[C@@H](C2CCCC2)N2CCN(C(=S)Nc3ccc(F)cc3)CC2)cc1. The predicted molar refractivity (Wildman–Crippen MR) is 141 cm³/mol. The van der Waals surface area contributed by atoms with Crippen molar-refractivity contribution in [3.63, 3.8) is 0 Å². The first-order valence-corrected chi connectivity index (χ1v) is 12.8. The summed E-state index contributed by atoms with van der Waals surface area (Å²) in [6.07, 6.45) is 4.61. The van der Waals surface area contributed by atoms with Crippen molar-refractivity contribution in [3.8, 4) is 0 Å². The number of benzene rings is 2. The van der Waals surface area contributed by atoms with Crippen molar-refractivity contribution < 1.29 is 9.18 Å². The zero-order valence-corrected chi connectivity index (χ0v) is 20.9. The number of nitrogens with one attached hydrogen (secondary N) is 2. The van der Waals surface area contributed by atoms with Gasteiger partial charge in [-0.1, -0.05) is 38.8 Å². The van der Waals surface area contributed by atoms with Gasteiger partial charge in [0.25, 0.3) is 0 Å². The molecule has 1 aliphatic carbocycles. The van der Waals surface area contributed by atoms with E-state index in [2.05, 4.69) is 46.4 Å². The molecule has 1 aliphatic heterocycles. The molecule has 2 fully saturated rings. The van der Waals surface area contributed by atoms with E-state index < -0.39 is 0 Å². The van der Waals surface area contributed by atoms with Crippen LogP contribution in [0.25, 0.3) is 0 Å². The van der Waals surface area contributed by atoms with E-state index >= 15 is 0 Å². The van der Waals surface area contributed by atoms with Crippen LogP contribution in [-0.2, 0) is 4.79 Å². The Bertz CT molecular complexity index is 965. The van der Waals surface area contributed by atoms with Crippen LogP contribution < -0.4 is 10.6 Å². The summed E-state index contributed by atoms with van der Waals surface area (Å²) >= 11 is 5.59. The largest absolute Gasteiger partial charge is 0.346 e. The van der Waals surface area contributed by atoms with Gasteiger partial charge in [0, 0.05) is 37.6 Å². The van der Waals surface area contributed by atoms with Crippen LogP contribution in [0.2, 0.25) is 0 Å². The number of thiocarbonyl (C=S) groups is 1. The number of amides is 1. The highest BCUT2D eigenvalue weighted by molar-refractivity contribution is 7.80. The molecule has 34 heavy (non-hydrogen) atoms. The van der Waals surface area contributed by atoms with E-state index in [-0.39, 0.29) is 17.8 Å². The Morgan fingerprint density at radius 1 is 0.912 bits per heavy atom. The Balaban J connectivity index is 1.37. The maximum atomic E-state index is 13.5. The van der Waals surface area contributed by atoms with Gasteiger partial charge in [-0.2, -0.15) is 0 Å². The first-order chi connectivity index (χ1) is 16.4. The molecule has 0 aromatic heterocycles. The number of piperazine rings is 1. The van der Waals surface area contributed by atoms with E-state index in [0.717, 1.165) is 50.4 Å². The summed E-state index contributed by atoms with van der Waals surface area (Å²) in [7, 11) is 0. The Labute approximate surface area is 207 Å². The lowest BCUT2D eigenvalue weighted by atomic mass is 9.94. The predicted octanol–water partition coefficient (Wildman–Crippen LogP) is 5.46. The number of hydrogen-bond donors (Lipinski definition) is 2. The number of hydrogen-bond acceptors (Lipinski definition) is 3. The zero-order chi connectivity index (χ0) is 24.1. The molecule has 1 atom stereocenters. The third kappa shape index (κ3) is 6.13. The summed E-state index contributed by atoms with van der Waals surface area (Å²) < 4.78 is 13.2. The van der Waals surface area contributed by atoms with E-state index in [9.17, 15) is 9.18 Å². The Morgan fingerprint density at radius 2 is 1.47 bits per heavy atom. The molecule has 1 saturated carbocycles. The highest BCUT2D eigenvalue weighted by Crippen LogP contribution is 2.32. The van der Waals surface area contributed by atoms with Gasteiger partial charge >= 0.3 is 0 Å². The second kappa shape index (κ2) is 11.3. The minimum atomic E-state index is -0.267. The maximum Gasteiger partial charge on any atom is 0.242 e. The van der Waals surface area contributed by atoms with Gasteiger partial charge in [0.2, 0.25) is 5.91 Å². The van der Waals surface area contributed by atoms with Crippen LogP contribution in [-0.4, -0.2) is 53.0 Å². The van der Waals surface area contributed by atoms with Crippen LogP contribution in [0.4, 0.5) is 15.8 Å². The number of rotatable bonds is 6. The second-order valence-corrected chi connectivity index (χ2v) is 10.1. The van der Waals surface area contributed by atoms with Crippen LogP contribution in [0.15, 0.2) is 48.5 Å². The number of carbonyl (C=O) groups excluding carboxylic acids is 1. The second-order valence-electron chi connectivity index (χ2n) is 9.72. The van der Waals surface area contributed by atoms with Gasteiger partial charge in [-0.3, -0.25) is 9.69 Å². The van der Waals surface area contributed by atoms with Crippen LogP contribution in [0, 0.1) is 11.7 Å². The van der Waals surface area contributed by atoms with Crippen molar-refractivity contribution in [3.05, 3.63) is 59.9 Å². The van der Waals surface area contributed by atoms with Crippen molar-refractivity contribution in [2.45, 2.75) is 51.5 Å².